The molecule has 1 aliphatic rings. The second kappa shape index (κ2) is 8.60. The highest BCUT2D eigenvalue weighted by Crippen LogP contribution is 2.27. The van der Waals surface area contributed by atoms with E-state index in [0.29, 0.717) is 43.8 Å². The number of anilines is 1. The SMILES string of the molecule is CC[C@@H](C(=O)N1CCC(C(N)=O)CC1)N(c1ccc(OC)cc1)S(C)(=O)=O. The molecule has 1 atom stereocenters. The minimum atomic E-state index is -3.69. The fraction of sp³-hybridized carbons (Fsp3) is 0.556. The van der Waals surface area contributed by atoms with Crippen LogP contribution >= 0.6 is 0 Å². The molecule has 9 heteroatoms. The number of hydrogen-bond donors (Lipinski definition) is 1. The number of hydrogen-bond acceptors (Lipinski definition) is 5. The first-order valence-corrected chi connectivity index (χ1v) is 10.8. The van der Waals surface area contributed by atoms with E-state index in [1.54, 1.807) is 36.1 Å². The average molecular weight is 397 g/mol. The molecule has 0 saturated carbocycles. The van der Waals surface area contributed by atoms with Gasteiger partial charge in [-0.15, -0.1) is 0 Å². The van der Waals surface area contributed by atoms with Crippen molar-refractivity contribution in [3.63, 3.8) is 0 Å². The number of carbonyl (C=O) groups is 2. The van der Waals surface area contributed by atoms with Crippen LogP contribution in [0.2, 0.25) is 0 Å². The van der Waals surface area contributed by atoms with Crippen molar-refractivity contribution in [2.45, 2.75) is 32.2 Å². The number of carbonyl (C=O) groups excluding carboxylic acids is 2. The lowest BCUT2D eigenvalue weighted by Crippen LogP contribution is -2.53. The van der Waals surface area contributed by atoms with Crippen LogP contribution in [0.15, 0.2) is 24.3 Å². The van der Waals surface area contributed by atoms with Gasteiger partial charge < -0.3 is 15.4 Å². The summed E-state index contributed by atoms with van der Waals surface area (Å²) in [5.41, 5.74) is 5.75. The summed E-state index contributed by atoms with van der Waals surface area (Å²) in [5.74, 6) is -0.256. The summed E-state index contributed by atoms with van der Waals surface area (Å²) in [7, 11) is -2.16. The van der Waals surface area contributed by atoms with Crippen LogP contribution in [-0.4, -0.2) is 57.6 Å². The maximum Gasteiger partial charge on any atom is 0.246 e. The lowest BCUT2D eigenvalue weighted by Gasteiger charge is -2.37. The van der Waals surface area contributed by atoms with E-state index in [1.165, 1.54) is 7.11 Å². The van der Waals surface area contributed by atoms with Gasteiger partial charge in [0.25, 0.3) is 0 Å². The molecule has 150 valence electrons. The van der Waals surface area contributed by atoms with Crippen molar-refractivity contribution in [1.29, 1.82) is 0 Å². The first kappa shape index (κ1) is 21.0. The van der Waals surface area contributed by atoms with E-state index in [-0.39, 0.29) is 17.7 Å². The second-order valence-corrected chi connectivity index (χ2v) is 8.54. The van der Waals surface area contributed by atoms with E-state index < -0.39 is 16.1 Å². The van der Waals surface area contributed by atoms with Crippen LogP contribution in [0.1, 0.15) is 26.2 Å². The Morgan fingerprint density at radius 2 is 1.81 bits per heavy atom. The fourth-order valence-corrected chi connectivity index (χ4v) is 4.57. The first-order chi connectivity index (χ1) is 12.7. The topological polar surface area (TPSA) is 110 Å². The van der Waals surface area contributed by atoms with Crippen molar-refractivity contribution < 1.29 is 22.7 Å². The molecule has 0 aromatic heterocycles. The summed E-state index contributed by atoms with van der Waals surface area (Å²) in [6.45, 7) is 2.56. The molecule has 1 saturated heterocycles. The summed E-state index contributed by atoms with van der Waals surface area (Å²) in [6.07, 6.45) is 2.41. The number of ether oxygens (including phenoxy) is 1. The van der Waals surface area contributed by atoms with Crippen LogP contribution in [0.25, 0.3) is 0 Å². The number of nitrogens with zero attached hydrogens (tertiary/aromatic N) is 2. The van der Waals surface area contributed by atoms with Gasteiger partial charge in [0.05, 0.1) is 19.1 Å². The average Bonchev–Trinajstić information content (AvgIpc) is 2.64. The Morgan fingerprint density at radius 1 is 1.26 bits per heavy atom. The minimum Gasteiger partial charge on any atom is -0.497 e. The Kier molecular flexibility index (Phi) is 6.69. The summed E-state index contributed by atoms with van der Waals surface area (Å²) in [4.78, 5) is 26.0. The molecule has 0 bridgehead atoms. The molecule has 8 nitrogen and oxygen atoms in total. The number of methoxy groups -OCH3 is 1. The van der Waals surface area contributed by atoms with Crippen molar-refractivity contribution in [3.05, 3.63) is 24.3 Å². The molecule has 2 amide bonds. The molecule has 0 radical (unpaired) electrons. The van der Waals surface area contributed by atoms with Crippen LogP contribution < -0.4 is 14.8 Å². The zero-order valence-electron chi connectivity index (χ0n) is 15.9. The summed E-state index contributed by atoms with van der Waals surface area (Å²) in [5, 5.41) is 0. The Bertz CT molecular complexity index is 771. The molecule has 1 heterocycles. The van der Waals surface area contributed by atoms with Crippen molar-refractivity contribution in [1.82, 2.24) is 4.90 Å². The number of nitrogens with two attached hydrogens (primary N) is 1. The third kappa shape index (κ3) is 4.91. The van der Waals surface area contributed by atoms with Gasteiger partial charge >= 0.3 is 0 Å². The van der Waals surface area contributed by atoms with E-state index in [1.807, 2.05) is 0 Å². The number of primary amides is 1. The minimum absolute atomic E-state index is 0.235. The maximum atomic E-state index is 13.1. The third-order valence-electron chi connectivity index (χ3n) is 4.85. The van der Waals surface area contributed by atoms with Gasteiger partial charge in [-0.2, -0.15) is 0 Å². The van der Waals surface area contributed by atoms with Crippen molar-refractivity contribution >= 4 is 27.5 Å². The zero-order chi connectivity index (χ0) is 20.2. The lowest BCUT2D eigenvalue weighted by atomic mass is 9.95. The first-order valence-electron chi connectivity index (χ1n) is 8.90. The molecule has 0 aliphatic carbocycles. The monoisotopic (exact) mass is 397 g/mol. The molecule has 27 heavy (non-hydrogen) atoms. The van der Waals surface area contributed by atoms with Gasteiger partial charge in [-0.25, -0.2) is 8.42 Å². The Hall–Kier alpha value is -2.29. The molecule has 0 spiro atoms. The molecule has 1 aliphatic heterocycles. The Balaban J connectivity index is 2.27. The maximum absolute atomic E-state index is 13.1. The van der Waals surface area contributed by atoms with Crippen LogP contribution in [0.5, 0.6) is 5.75 Å². The van der Waals surface area contributed by atoms with Gasteiger partial charge in [-0.05, 0) is 43.5 Å². The molecule has 2 rings (SSSR count). The van der Waals surface area contributed by atoms with Gasteiger partial charge in [-0.1, -0.05) is 6.92 Å². The second-order valence-electron chi connectivity index (χ2n) is 6.68. The summed E-state index contributed by atoms with van der Waals surface area (Å²) < 4.78 is 31.2. The van der Waals surface area contributed by atoms with Crippen molar-refractivity contribution in [3.8, 4) is 5.75 Å². The molecular formula is C18H27N3O5S. The highest BCUT2D eigenvalue weighted by Gasteiger charge is 2.36. The third-order valence-corrected chi connectivity index (χ3v) is 6.03. The van der Waals surface area contributed by atoms with Gasteiger partial charge in [0.15, 0.2) is 0 Å². The smallest absolute Gasteiger partial charge is 0.246 e. The molecule has 2 N–H and O–H groups in total. The van der Waals surface area contributed by atoms with Crippen molar-refractivity contribution in [2.24, 2.45) is 11.7 Å². The number of piperidine rings is 1. The molecule has 1 fully saturated rings. The predicted molar refractivity (Wildman–Crippen MR) is 103 cm³/mol. The Morgan fingerprint density at radius 3 is 2.22 bits per heavy atom. The van der Waals surface area contributed by atoms with Crippen LogP contribution in [0.3, 0.4) is 0 Å². The van der Waals surface area contributed by atoms with E-state index in [4.69, 9.17) is 10.5 Å². The van der Waals surface area contributed by atoms with E-state index >= 15 is 0 Å². The van der Waals surface area contributed by atoms with Gasteiger partial charge in [-0.3, -0.25) is 13.9 Å². The van der Waals surface area contributed by atoms with Gasteiger partial charge in [0.2, 0.25) is 21.8 Å². The van der Waals surface area contributed by atoms with E-state index in [2.05, 4.69) is 0 Å². The molecule has 0 unspecified atom stereocenters. The van der Waals surface area contributed by atoms with Gasteiger partial charge in [0.1, 0.15) is 11.8 Å². The quantitative estimate of drug-likeness (QED) is 0.737. The highest BCUT2D eigenvalue weighted by atomic mass is 32.2. The highest BCUT2D eigenvalue weighted by molar-refractivity contribution is 7.92. The van der Waals surface area contributed by atoms with Crippen molar-refractivity contribution in [2.75, 3.05) is 30.8 Å². The number of amides is 2. The number of sulfonamides is 1. The fourth-order valence-electron chi connectivity index (χ4n) is 3.37. The number of benzene rings is 1. The molecule has 1 aromatic carbocycles. The largest absolute Gasteiger partial charge is 0.497 e. The summed E-state index contributed by atoms with van der Waals surface area (Å²) >= 11 is 0. The lowest BCUT2D eigenvalue weighted by molar-refractivity contribution is -0.135. The van der Waals surface area contributed by atoms with E-state index in [0.717, 1.165) is 10.6 Å². The van der Waals surface area contributed by atoms with Crippen LogP contribution in [0.4, 0.5) is 5.69 Å². The normalized spacial score (nSPS) is 16.6. The number of likely N-dealkylation sites (tertiary alicyclic amines) is 1. The molecular weight excluding hydrogens is 370 g/mol. The summed E-state index contributed by atoms with van der Waals surface area (Å²) in [6, 6.07) is 5.70. The van der Waals surface area contributed by atoms with Crippen LogP contribution in [0, 0.1) is 5.92 Å². The van der Waals surface area contributed by atoms with Gasteiger partial charge in [0, 0.05) is 19.0 Å². The predicted octanol–water partition coefficient (Wildman–Crippen LogP) is 0.964. The Labute approximate surface area is 160 Å². The molecule has 1 aromatic rings. The van der Waals surface area contributed by atoms with Crippen LogP contribution in [-0.2, 0) is 19.6 Å². The zero-order valence-corrected chi connectivity index (χ0v) is 16.7. The standard InChI is InChI=1S/C18H27N3O5S/c1-4-16(18(23)20-11-9-13(10-12-20)17(19)22)21(27(3,24)25)14-5-7-15(26-2)8-6-14/h5-8,13,16H,4,9-12H2,1-3H3,(H2,19,22)/t16-/m0/s1. The number of rotatable bonds is 7. The van der Waals surface area contributed by atoms with E-state index in [9.17, 15) is 18.0 Å².